The molecule has 0 spiro atoms. The van der Waals surface area contributed by atoms with Gasteiger partial charge in [-0.2, -0.15) is 0 Å². The monoisotopic (exact) mass is 404 g/mol. The highest BCUT2D eigenvalue weighted by molar-refractivity contribution is 6.33. The number of rotatable bonds is 8. The van der Waals surface area contributed by atoms with E-state index in [0.29, 0.717) is 34.1 Å². The van der Waals surface area contributed by atoms with Gasteiger partial charge in [0.1, 0.15) is 11.5 Å². The molecule has 3 rings (SSSR count). The summed E-state index contributed by atoms with van der Waals surface area (Å²) in [5.41, 5.74) is 2.60. The quantitative estimate of drug-likeness (QED) is 0.295. The second-order valence-electron chi connectivity index (χ2n) is 6.43. The van der Waals surface area contributed by atoms with E-state index in [1.54, 1.807) is 39.5 Å². The zero-order valence-electron chi connectivity index (χ0n) is 17.5. The number of hydrogen-bond acceptors (Lipinski definition) is 5. The van der Waals surface area contributed by atoms with Crippen LogP contribution in [0.25, 0.3) is 11.6 Å². The van der Waals surface area contributed by atoms with Crippen molar-refractivity contribution in [3.8, 4) is 23.0 Å². The van der Waals surface area contributed by atoms with Crippen LogP contribution in [0, 0.1) is 0 Å². The van der Waals surface area contributed by atoms with Crippen molar-refractivity contribution < 1.29 is 23.7 Å². The third kappa shape index (κ3) is 4.46. The maximum absolute atomic E-state index is 13.6. The Balaban J connectivity index is 2.13. The van der Waals surface area contributed by atoms with Crippen molar-refractivity contribution in [2.75, 3.05) is 28.4 Å². The minimum Gasteiger partial charge on any atom is -0.497 e. The van der Waals surface area contributed by atoms with E-state index in [9.17, 15) is 4.79 Å². The summed E-state index contributed by atoms with van der Waals surface area (Å²) in [6.07, 6.45) is 1.84. The first-order valence-electron chi connectivity index (χ1n) is 9.37. The van der Waals surface area contributed by atoms with Gasteiger partial charge in [0.25, 0.3) is 0 Å². The van der Waals surface area contributed by atoms with Gasteiger partial charge in [0.05, 0.1) is 34.0 Å². The van der Waals surface area contributed by atoms with Crippen molar-refractivity contribution >= 4 is 17.4 Å². The van der Waals surface area contributed by atoms with Gasteiger partial charge in [-0.05, 0) is 41.5 Å². The molecule has 0 N–H and O–H groups in total. The Kier molecular flexibility index (Phi) is 6.75. The number of Topliss-reactive ketones (excluding diaryl/α,β-unsaturated/α-hetero) is 1. The van der Waals surface area contributed by atoms with E-state index in [1.807, 2.05) is 54.6 Å². The number of carbonyl (C=O) groups excluding carboxylic acids is 1. The highest BCUT2D eigenvalue weighted by Gasteiger charge is 2.19. The molecule has 30 heavy (non-hydrogen) atoms. The van der Waals surface area contributed by atoms with Crippen LogP contribution in [0.15, 0.2) is 66.7 Å². The van der Waals surface area contributed by atoms with Crippen molar-refractivity contribution in [2.45, 2.75) is 0 Å². The SMILES string of the molecule is COc1ccc(C(=O)/C(=C/c2ccc(OC)c(OC)c2)c2ccccc2)c(OC)c1. The predicted octanol–water partition coefficient (Wildman–Crippen LogP) is 5.14. The van der Waals surface area contributed by atoms with Crippen LogP contribution in [-0.2, 0) is 0 Å². The minimum atomic E-state index is -0.157. The first-order chi connectivity index (χ1) is 14.6. The Bertz CT molecular complexity index is 1050. The van der Waals surface area contributed by atoms with Gasteiger partial charge >= 0.3 is 0 Å². The summed E-state index contributed by atoms with van der Waals surface area (Å²) in [5, 5.41) is 0. The molecule has 3 aromatic carbocycles. The summed E-state index contributed by atoms with van der Waals surface area (Å²) in [5.74, 6) is 2.13. The number of ketones is 1. The van der Waals surface area contributed by atoms with E-state index < -0.39 is 0 Å². The van der Waals surface area contributed by atoms with Crippen LogP contribution in [-0.4, -0.2) is 34.2 Å². The molecule has 154 valence electrons. The lowest BCUT2D eigenvalue weighted by atomic mass is 9.94. The fourth-order valence-electron chi connectivity index (χ4n) is 3.14. The third-order valence-corrected chi connectivity index (χ3v) is 4.70. The summed E-state index contributed by atoms with van der Waals surface area (Å²) in [6, 6.07) is 20.2. The number of hydrogen-bond donors (Lipinski definition) is 0. The Morgan fingerprint density at radius 1 is 0.700 bits per heavy atom. The molecule has 0 aromatic heterocycles. The van der Waals surface area contributed by atoms with Crippen LogP contribution >= 0.6 is 0 Å². The van der Waals surface area contributed by atoms with Crippen molar-refractivity contribution in [3.63, 3.8) is 0 Å². The molecule has 0 atom stereocenters. The molecule has 0 aliphatic rings. The summed E-state index contributed by atoms with van der Waals surface area (Å²) >= 11 is 0. The number of ether oxygens (including phenoxy) is 4. The normalized spacial score (nSPS) is 11.0. The second-order valence-corrected chi connectivity index (χ2v) is 6.43. The predicted molar refractivity (Wildman–Crippen MR) is 118 cm³/mol. The van der Waals surface area contributed by atoms with Crippen LogP contribution in [0.4, 0.5) is 0 Å². The van der Waals surface area contributed by atoms with Gasteiger partial charge in [-0.3, -0.25) is 4.79 Å². The Morgan fingerprint density at radius 3 is 2.03 bits per heavy atom. The molecule has 0 unspecified atom stereocenters. The van der Waals surface area contributed by atoms with Gasteiger partial charge in [-0.25, -0.2) is 0 Å². The molecule has 5 heteroatoms. The maximum Gasteiger partial charge on any atom is 0.197 e. The molecule has 0 amide bonds. The zero-order valence-corrected chi connectivity index (χ0v) is 17.5. The molecule has 0 aliphatic heterocycles. The Labute approximate surface area is 176 Å². The minimum absolute atomic E-state index is 0.157. The lowest BCUT2D eigenvalue weighted by Gasteiger charge is -2.13. The molecular weight excluding hydrogens is 380 g/mol. The largest absolute Gasteiger partial charge is 0.497 e. The maximum atomic E-state index is 13.6. The van der Waals surface area contributed by atoms with Gasteiger partial charge in [-0.15, -0.1) is 0 Å². The van der Waals surface area contributed by atoms with E-state index in [2.05, 4.69) is 0 Å². The number of benzene rings is 3. The average Bonchev–Trinajstić information content (AvgIpc) is 2.81. The molecule has 0 bridgehead atoms. The van der Waals surface area contributed by atoms with Gasteiger partial charge in [0.2, 0.25) is 0 Å². The van der Waals surface area contributed by atoms with Gasteiger partial charge in [-0.1, -0.05) is 36.4 Å². The van der Waals surface area contributed by atoms with E-state index >= 15 is 0 Å². The first-order valence-corrected chi connectivity index (χ1v) is 9.37. The highest BCUT2D eigenvalue weighted by atomic mass is 16.5. The molecular formula is C25H24O5. The van der Waals surface area contributed by atoms with E-state index in [-0.39, 0.29) is 5.78 Å². The Hall–Kier alpha value is -3.73. The first kappa shape index (κ1) is 21.0. The average molecular weight is 404 g/mol. The van der Waals surface area contributed by atoms with Gasteiger partial charge in [0.15, 0.2) is 17.3 Å². The van der Waals surface area contributed by atoms with E-state index in [0.717, 1.165) is 11.1 Å². The summed E-state index contributed by atoms with van der Waals surface area (Å²) in [7, 11) is 6.27. The lowest BCUT2D eigenvalue weighted by Crippen LogP contribution is -2.06. The van der Waals surface area contributed by atoms with E-state index in [4.69, 9.17) is 18.9 Å². The molecule has 0 fully saturated rings. The molecule has 0 aliphatic carbocycles. The van der Waals surface area contributed by atoms with Gasteiger partial charge in [0, 0.05) is 11.6 Å². The molecule has 0 heterocycles. The fraction of sp³-hybridized carbons (Fsp3) is 0.160. The van der Waals surface area contributed by atoms with Crippen LogP contribution in [0.5, 0.6) is 23.0 Å². The number of allylic oxidation sites excluding steroid dienone is 1. The molecule has 3 aromatic rings. The van der Waals surface area contributed by atoms with Crippen molar-refractivity contribution in [1.82, 2.24) is 0 Å². The van der Waals surface area contributed by atoms with Crippen molar-refractivity contribution in [3.05, 3.63) is 83.4 Å². The highest BCUT2D eigenvalue weighted by Crippen LogP contribution is 2.33. The summed E-state index contributed by atoms with van der Waals surface area (Å²) in [6.45, 7) is 0. The molecule has 0 radical (unpaired) electrons. The summed E-state index contributed by atoms with van der Waals surface area (Å²) < 4.78 is 21.4. The van der Waals surface area contributed by atoms with Crippen LogP contribution in [0.1, 0.15) is 21.5 Å². The van der Waals surface area contributed by atoms with Crippen LogP contribution < -0.4 is 18.9 Å². The van der Waals surface area contributed by atoms with Crippen molar-refractivity contribution in [1.29, 1.82) is 0 Å². The smallest absolute Gasteiger partial charge is 0.197 e. The summed E-state index contributed by atoms with van der Waals surface area (Å²) in [4.78, 5) is 13.6. The van der Waals surface area contributed by atoms with Crippen molar-refractivity contribution in [2.24, 2.45) is 0 Å². The molecule has 0 saturated carbocycles. The van der Waals surface area contributed by atoms with Crippen LogP contribution in [0.3, 0.4) is 0 Å². The third-order valence-electron chi connectivity index (χ3n) is 4.70. The van der Waals surface area contributed by atoms with Gasteiger partial charge < -0.3 is 18.9 Å². The molecule has 5 nitrogen and oxygen atoms in total. The standard InChI is InChI=1S/C25H24O5/c1-27-19-11-12-20(23(16-19)29-3)25(26)21(18-8-6-5-7-9-18)14-17-10-13-22(28-2)24(15-17)30-4/h5-16H,1-4H3/b21-14+. The fourth-order valence-corrected chi connectivity index (χ4v) is 3.14. The molecule has 0 saturated heterocycles. The number of carbonyl (C=O) groups is 1. The second kappa shape index (κ2) is 9.65. The van der Waals surface area contributed by atoms with Crippen LogP contribution in [0.2, 0.25) is 0 Å². The number of methoxy groups -OCH3 is 4. The Morgan fingerprint density at radius 2 is 1.40 bits per heavy atom. The van der Waals surface area contributed by atoms with E-state index in [1.165, 1.54) is 7.11 Å². The lowest BCUT2D eigenvalue weighted by molar-refractivity contribution is 0.105. The topological polar surface area (TPSA) is 54.0 Å². The zero-order chi connectivity index (χ0) is 21.5.